The third-order valence-electron chi connectivity index (χ3n) is 3.73. The second kappa shape index (κ2) is 6.93. The zero-order valence-electron chi connectivity index (χ0n) is 14.8. The van der Waals surface area contributed by atoms with E-state index in [-0.39, 0.29) is 11.4 Å². The Morgan fingerprint density at radius 1 is 1.20 bits per heavy atom. The number of anilines is 1. The number of hydrogen-bond donors (Lipinski definition) is 3. The summed E-state index contributed by atoms with van der Waals surface area (Å²) in [5, 5.41) is 7.32. The Hall–Kier alpha value is -2.89. The van der Waals surface area contributed by atoms with Crippen LogP contribution in [-0.4, -0.2) is 32.9 Å². The van der Waals surface area contributed by atoms with E-state index in [9.17, 15) is 4.79 Å². The summed E-state index contributed by atoms with van der Waals surface area (Å²) >= 11 is 0. The number of hydrogen-bond acceptors (Lipinski definition) is 4. The number of aromatic nitrogens is 3. The molecule has 0 aliphatic heterocycles. The number of rotatable bonds is 5. The zero-order chi connectivity index (χ0) is 17.9. The second-order valence-electron chi connectivity index (χ2n) is 7.01. The number of benzene rings is 1. The first-order chi connectivity index (χ1) is 11.9. The van der Waals surface area contributed by atoms with E-state index < -0.39 is 0 Å². The van der Waals surface area contributed by atoms with Crippen molar-refractivity contribution in [1.82, 2.24) is 20.3 Å². The Labute approximate surface area is 147 Å². The lowest BCUT2D eigenvalue weighted by Gasteiger charge is -2.20. The second-order valence-corrected chi connectivity index (χ2v) is 7.01. The molecular weight excluding hydrogens is 314 g/mol. The third-order valence-corrected chi connectivity index (χ3v) is 3.73. The number of aromatic amines is 1. The fourth-order valence-corrected chi connectivity index (χ4v) is 2.62. The molecule has 1 amide bonds. The van der Waals surface area contributed by atoms with Crippen LogP contribution in [0.25, 0.3) is 10.9 Å². The smallest absolute Gasteiger partial charge is 0.270 e. The van der Waals surface area contributed by atoms with E-state index in [0.717, 1.165) is 11.9 Å². The van der Waals surface area contributed by atoms with Crippen LogP contribution in [0.4, 0.5) is 5.95 Å². The fourth-order valence-electron chi connectivity index (χ4n) is 2.62. The molecule has 0 aliphatic carbocycles. The molecule has 3 N–H and O–H groups in total. The van der Waals surface area contributed by atoms with Crippen LogP contribution >= 0.6 is 0 Å². The van der Waals surface area contributed by atoms with Crippen LogP contribution in [0.2, 0.25) is 0 Å². The molecule has 2 aromatic heterocycles. The molecule has 0 spiro atoms. The molecule has 1 aromatic carbocycles. The molecule has 6 nitrogen and oxygen atoms in total. The minimum absolute atomic E-state index is 0.199. The van der Waals surface area contributed by atoms with Crippen molar-refractivity contribution < 1.29 is 4.79 Å². The normalized spacial score (nSPS) is 11.5. The summed E-state index contributed by atoms with van der Waals surface area (Å²) in [6, 6.07) is 9.84. The number of H-pyrrole nitrogens is 1. The molecule has 0 atom stereocenters. The van der Waals surface area contributed by atoms with Gasteiger partial charge in [0.25, 0.3) is 5.91 Å². The SMILES string of the molecule is CC(C)(C)NC(=O)c1ccnc(NCCc2c[nH]c3ccccc23)n1. The highest BCUT2D eigenvalue weighted by atomic mass is 16.2. The quantitative estimate of drug-likeness (QED) is 0.668. The van der Waals surface area contributed by atoms with Crippen LogP contribution in [0.3, 0.4) is 0 Å². The van der Waals surface area contributed by atoms with Crippen LogP contribution in [-0.2, 0) is 6.42 Å². The molecule has 3 rings (SSSR count). The highest BCUT2D eigenvalue weighted by molar-refractivity contribution is 5.92. The lowest BCUT2D eigenvalue weighted by atomic mass is 10.1. The fraction of sp³-hybridized carbons (Fsp3) is 0.316. The van der Waals surface area contributed by atoms with Gasteiger partial charge in [-0.2, -0.15) is 0 Å². The van der Waals surface area contributed by atoms with Gasteiger partial charge in [-0.1, -0.05) is 18.2 Å². The molecule has 0 bridgehead atoms. The monoisotopic (exact) mass is 337 g/mol. The van der Waals surface area contributed by atoms with Gasteiger partial charge in [-0.15, -0.1) is 0 Å². The molecule has 6 heteroatoms. The molecule has 0 saturated carbocycles. The van der Waals surface area contributed by atoms with Gasteiger partial charge < -0.3 is 15.6 Å². The van der Waals surface area contributed by atoms with E-state index in [1.807, 2.05) is 39.1 Å². The number of carbonyl (C=O) groups is 1. The molecule has 0 radical (unpaired) electrons. The van der Waals surface area contributed by atoms with Gasteiger partial charge in [0.05, 0.1) is 0 Å². The van der Waals surface area contributed by atoms with Crippen molar-refractivity contribution in [2.75, 3.05) is 11.9 Å². The first-order valence-corrected chi connectivity index (χ1v) is 8.37. The Bertz CT molecular complexity index is 879. The topological polar surface area (TPSA) is 82.7 Å². The number of nitrogens with zero attached hydrogens (tertiary/aromatic N) is 2. The lowest BCUT2D eigenvalue weighted by molar-refractivity contribution is 0.0914. The number of nitrogens with one attached hydrogen (secondary N) is 3. The number of amides is 1. The van der Waals surface area contributed by atoms with Crippen molar-refractivity contribution in [2.45, 2.75) is 32.7 Å². The van der Waals surface area contributed by atoms with Crippen molar-refractivity contribution >= 4 is 22.8 Å². The summed E-state index contributed by atoms with van der Waals surface area (Å²) < 4.78 is 0. The van der Waals surface area contributed by atoms with Gasteiger partial charge in [-0.05, 0) is 44.9 Å². The van der Waals surface area contributed by atoms with E-state index in [2.05, 4.69) is 37.7 Å². The maximum Gasteiger partial charge on any atom is 0.270 e. The molecule has 0 fully saturated rings. The van der Waals surface area contributed by atoms with E-state index in [4.69, 9.17) is 0 Å². The molecule has 0 unspecified atom stereocenters. The van der Waals surface area contributed by atoms with E-state index in [1.165, 1.54) is 10.9 Å². The van der Waals surface area contributed by atoms with Crippen LogP contribution in [0, 0.1) is 0 Å². The van der Waals surface area contributed by atoms with E-state index in [1.54, 1.807) is 12.3 Å². The van der Waals surface area contributed by atoms with Gasteiger partial charge >= 0.3 is 0 Å². The molecule has 25 heavy (non-hydrogen) atoms. The molecular formula is C19H23N5O. The Balaban J connectivity index is 1.62. The van der Waals surface area contributed by atoms with Crippen LogP contribution in [0.5, 0.6) is 0 Å². The third kappa shape index (κ3) is 4.35. The number of para-hydroxylation sites is 1. The Kier molecular flexibility index (Phi) is 4.70. The van der Waals surface area contributed by atoms with Crippen LogP contribution in [0.1, 0.15) is 36.8 Å². The van der Waals surface area contributed by atoms with Crippen molar-refractivity contribution in [3.05, 3.63) is 54.0 Å². The standard InChI is InChI=1S/C19H23N5O/c1-19(2,3)24-17(25)16-9-11-21-18(23-16)20-10-8-13-12-22-15-7-5-4-6-14(13)15/h4-7,9,11-12,22H,8,10H2,1-3H3,(H,24,25)(H,20,21,23). The van der Waals surface area contributed by atoms with E-state index in [0.29, 0.717) is 18.2 Å². The molecule has 3 aromatic rings. The first-order valence-electron chi connectivity index (χ1n) is 8.37. The van der Waals surface area contributed by atoms with Gasteiger partial charge in [0.1, 0.15) is 5.69 Å². The highest BCUT2D eigenvalue weighted by Crippen LogP contribution is 2.18. The zero-order valence-corrected chi connectivity index (χ0v) is 14.8. The minimum atomic E-state index is -0.301. The molecule has 130 valence electrons. The predicted octanol–water partition coefficient (Wildman–Crippen LogP) is 3.14. The van der Waals surface area contributed by atoms with Gasteiger partial charge in [0.15, 0.2) is 0 Å². The highest BCUT2D eigenvalue weighted by Gasteiger charge is 2.16. The summed E-state index contributed by atoms with van der Waals surface area (Å²) in [4.78, 5) is 23.9. The lowest BCUT2D eigenvalue weighted by Crippen LogP contribution is -2.41. The van der Waals surface area contributed by atoms with Crippen molar-refractivity contribution in [3.63, 3.8) is 0 Å². The van der Waals surface area contributed by atoms with Crippen molar-refractivity contribution in [2.24, 2.45) is 0 Å². The number of fused-ring (bicyclic) bond motifs is 1. The van der Waals surface area contributed by atoms with Gasteiger partial charge in [-0.25, -0.2) is 9.97 Å². The summed E-state index contributed by atoms with van der Waals surface area (Å²) in [6.07, 6.45) is 4.46. The van der Waals surface area contributed by atoms with Gasteiger partial charge in [0.2, 0.25) is 5.95 Å². The van der Waals surface area contributed by atoms with E-state index >= 15 is 0 Å². The maximum atomic E-state index is 12.2. The van der Waals surface area contributed by atoms with Crippen molar-refractivity contribution in [3.8, 4) is 0 Å². The van der Waals surface area contributed by atoms with Crippen molar-refractivity contribution in [1.29, 1.82) is 0 Å². The van der Waals surface area contributed by atoms with Gasteiger partial charge in [0, 0.05) is 35.4 Å². The largest absolute Gasteiger partial charge is 0.361 e. The Morgan fingerprint density at radius 2 is 2.00 bits per heavy atom. The van der Waals surface area contributed by atoms with Crippen LogP contribution < -0.4 is 10.6 Å². The molecule has 0 aliphatic rings. The Morgan fingerprint density at radius 3 is 2.80 bits per heavy atom. The van der Waals surface area contributed by atoms with Gasteiger partial charge in [-0.3, -0.25) is 4.79 Å². The summed E-state index contributed by atoms with van der Waals surface area (Å²) in [6.45, 7) is 6.50. The molecule has 0 saturated heterocycles. The summed E-state index contributed by atoms with van der Waals surface area (Å²) in [7, 11) is 0. The predicted molar refractivity (Wildman–Crippen MR) is 99.7 cm³/mol. The average Bonchev–Trinajstić information content (AvgIpc) is 2.97. The summed E-state index contributed by atoms with van der Waals surface area (Å²) in [5.41, 5.74) is 2.43. The minimum Gasteiger partial charge on any atom is -0.361 e. The molecule has 2 heterocycles. The van der Waals surface area contributed by atoms with Crippen LogP contribution in [0.15, 0.2) is 42.7 Å². The number of carbonyl (C=O) groups excluding carboxylic acids is 1. The first kappa shape index (κ1) is 17.0. The summed E-state index contributed by atoms with van der Waals surface area (Å²) in [5.74, 6) is 0.260. The average molecular weight is 337 g/mol. The maximum absolute atomic E-state index is 12.2.